The first kappa shape index (κ1) is 14.5. The Kier molecular flexibility index (Phi) is 3.88. The van der Waals surface area contributed by atoms with Gasteiger partial charge in [-0.1, -0.05) is 6.07 Å². The normalized spacial score (nSPS) is 11.9. The molecule has 0 fully saturated rings. The highest BCUT2D eigenvalue weighted by molar-refractivity contribution is 5.80. The Labute approximate surface area is 120 Å². The lowest BCUT2D eigenvalue weighted by Gasteiger charge is -2.14. The van der Waals surface area contributed by atoms with E-state index in [9.17, 15) is 20.0 Å². The van der Waals surface area contributed by atoms with Crippen molar-refractivity contribution in [2.45, 2.75) is 13.0 Å². The third-order valence-electron chi connectivity index (χ3n) is 2.95. The van der Waals surface area contributed by atoms with Crippen LogP contribution in [0.25, 0.3) is 0 Å². The van der Waals surface area contributed by atoms with Crippen LogP contribution < -0.4 is 5.32 Å². The van der Waals surface area contributed by atoms with E-state index in [0.717, 1.165) is 5.56 Å². The molecular formula is C13H14N4O4. The molecule has 8 heteroatoms. The highest BCUT2D eigenvalue weighted by Gasteiger charge is 2.24. The molecule has 21 heavy (non-hydrogen) atoms. The fraction of sp³-hybridized carbons (Fsp3) is 0.231. The number of aryl methyl sites for hydroxylation is 2. The molecule has 1 aromatic carbocycles. The Morgan fingerprint density at radius 1 is 1.52 bits per heavy atom. The van der Waals surface area contributed by atoms with Crippen molar-refractivity contribution in [1.82, 2.24) is 9.78 Å². The topological polar surface area (TPSA) is 110 Å². The van der Waals surface area contributed by atoms with Gasteiger partial charge in [0.05, 0.1) is 11.1 Å². The summed E-state index contributed by atoms with van der Waals surface area (Å²) in [6, 6.07) is 3.46. The Bertz CT molecular complexity index is 695. The number of aliphatic carboxylic acids is 1. The number of benzene rings is 1. The van der Waals surface area contributed by atoms with Crippen LogP contribution in [-0.2, 0) is 11.8 Å². The van der Waals surface area contributed by atoms with Crippen molar-refractivity contribution in [1.29, 1.82) is 0 Å². The molecule has 0 bridgehead atoms. The third-order valence-corrected chi connectivity index (χ3v) is 2.95. The van der Waals surface area contributed by atoms with Crippen molar-refractivity contribution >= 4 is 17.3 Å². The molecule has 2 N–H and O–H groups in total. The zero-order valence-electron chi connectivity index (χ0n) is 11.5. The maximum atomic E-state index is 11.4. The van der Waals surface area contributed by atoms with Crippen molar-refractivity contribution in [3.05, 3.63) is 51.8 Å². The summed E-state index contributed by atoms with van der Waals surface area (Å²) in [4.78, 5) is 21.9. The largest absolute Gasteiger partial charge is 0.479 e. The van der Waals surface area contributed by atoms with Crippen LogP contribution in [0.3, 0.4) is 0 Å². The molecule has 0 aliphatic rings. The number of anilines is 1. The number of nitro groups is 1. The van der Waals surface area contributed by atoms with Gasteiger partial charge in [-0.2, -0.15) is 5.10 Å². The zero-order valence-corrected chi connectivity index (χ0v) is 11.5. The molecule has 0 aliphatic heterocycles. The van der Waals surface area contributed by atoms with E-state index in [4.69, 9.17) is 0 Å². The Morgan fingerprint density at radius 3 is 2.76 bits per heavy atom. The molecule has 2 aromatic rings. The Hall–Kier alpha value is -2.90. The number of rotatable bonds is 5. The summed E-state index contributed by atoms with van der Waals surface area (Å²) in [6.45, 7) is 1.73. The molecule has 1 aromatic heterocycles. The van der Waals surface area contributed by atoms with Crippen LogP contribution in [0.4, 0.5) is 11.4 Å². The predicted molar refractivity (Wildman–Crippen MR) is 75.0 cm³/mol. The van der Waals surface area contributed by atoms with Crippen molar-refractivity contribution in [2.75, 3.05) is 5.32 Å². The highest BCUT2D eigenvalue weighted by Crippen LogP contribution is 2.29. The maximum Gasteiger partial charge on any atom is 0.330 e. The number of hydrogen-bond donors (Lipinski definition) is 2. The number of aromatic nitrogens is 2. The number of nitrogens with zero attached hydrogens (tertiary/aromatic N) is 3. The lowest BCUT2D eigenvalue weighted by Crippen LogP contribution is -2.20. The second-order valence-electron chi connectivity index (χ2n) is 4.64. The van der Waals surface area contributed by atoms with Crippen molar-refractivity contribution in [2.24, 2.45) is 7.05 Å². The molecule has 8 nitrogen and oxygen atoms in total. The van der Waals surface area contributed by atoms with Crippen LogP contribution in [0.5, 0.6) is 0 Å². The van der Waals surface area contributed by atoms with Gasteiger partial charge in [-0.25, -0.2) is 4.79 Å². The molecule has 0 radical (unpaired) electrons. The Balaban J connectivity index is 2.38. The van der Waals surface area contributed by atoms with Crippen molar-refractivity contribution in [3.63, 3.8) is 0 Å². The molecule has 110 valence electrons. The highest BCUT2D eigenvalue weighted by atomic mass is 16.6. The summed E-state index contributed by atoms with van der Waals surface area (Å²) in [5.74, 6) is -1.14. The van der Waals surface area contributed by atoms with Crippen molar-refractivity contribution < 1.29 is 14.8 Å². The number of carbonyl (C=O) groups is 1. The van der Waals surface area contributed by atoms with E-state index in [1.54, 1.807) is 26.2 Å². The minimum Gasteiger partial charge on any atom is -0.479 e. The van der Waals surface area contributed by atoms with Gasteiger partial charge >= 0.3 is 5.97 Å². The fourth-order valence-corrected chi connectivity index (χ4v) is 1.95. The summed E-state index contributed by atoms with van der Waals surface area (Å²) < 4.78 is 1.47. The smallest absolute Gasteiger partial charge is 0.330 e. The lowest BCUT2D eigenvalue weighted by molar-refractivity contribution is -0.384. The number of carboxylic acids is 1. The average Bonchev–Trinajstić information content (AvgIpc) is 2.83. The van der Waals surface area contributed by atoms with Crippen LogP contribution in [0.15, 0.2) is 30.6 Å². The maximum absolute atomic E-state index is 11.4. The number of hydrogen-bond acceptors (Lipinski definition) is 5. The quantitative estimate of drug-likeness (QED) is 0.642. The lowest BCUT2D eigenvalue weighted by atomic mass is 10.1. The molecule has 0 saturated heterocycles. The zero-order chi connectivity index (χ0) is 15.6. The van der Waals surface area contributed by atoms with Gasteiger partial charge < -0.3 is 10.4 Å². The summed E-state index contributed by atoms with van der Waals surface area (Å²) in [7, 11) is 1.66. The summed E-state index contributed by atoms with van der Waals surface area (Å²) in [5.41, 5.74) is 1.13. The van der Waals surface area contributed by atoms with E-state index < -0.39 is 16.9 Å². The first-order valence-electron chi connectivity index (χ1n) is 6.11. The van der Waals surface area contributed by atoms with Gasteiger partial charge in [-0.05, 0) is 18.6 Å². The molecule has 1 heterocycles. The number of nitro benzene ring substituents is 1. The monoisotopic (exact) mass is 290 g/mol. The molecule has 2 rings (SSSR count). The standard InChI is InChI=1S/C13H14N4O4/c1-8-3-4-10(11(5-8)17(20)21)15-12(13(18)19)9-6-14-16(2)7-9/h3-7,12,15H,1-2H3,(H,18,19). The van der Waals surface area contributed by atoms with Crippen LogP contribution in [0.1, 0.15) is 17.2 Å². The summed E-state index contributed by atoms with van der Waals surface area (Å²) in [5, 5.41) is 27.0. The van der Waals surface area contributed by atoms with Gasteiger partial charge in [-0.15, -0.1) is 0 Å². The van der Waals surface area contributed by atoms with Crippen LogP contribution in [0.2, 0.25) is 0 Å². The molecule has 1 unspecified atom stereocenters. The van der Waals surface area contributed by atoms with Gasteiger partial charge in [0.25, 0.3) is 5.69 Å². The minimum atomic E-state index is -1.14. The molecule has 1 atom stereocenters. The first-order valence-corrected chi connectivity index (χ1v) is 6.11. The van der Waals surface area contributed by atoms with Gasteiger partial charge in [0.15, 0.2) is 6.04 Å². The predicted octanol–water partition coefficient (Wildman–Crippen LogP) is 1.87. The molecule has 0 saturated carbocycles. The fourth-order valence-electron chi connectivity index (χ4n) is 1.95. The SMILES string of the molecule is Cc1ccc(NC(C(=O)O)c2cnn(C)c2)c([N+](=O)[O-])c1. The van der Waals surface area contributed by atoms with Gasteiger partial charge in [0, 0.05) is 24.9 Å². The van der Waals surface area contributed by atoms with Gasteiger partial charge in [0.2, 0.25) is 0 Å². The van der Waals surface area contributed by atoms with Crippen molar-refractivity contribution in [3.8, 4) is 0 Å². The number of carboxylic acid groups (broad SMARTS) is 1. The number of nitrogens with one attached hydrogen (secondary N) is 1. The molecule has 0 aliphatic carbocycles. The van der Waals surface area contributed by atoms with E-state index in [2.05, 4.69) is 10.4 Å². The molecule has 0 amide bonds. The van der Waals surface area contributed by atoms with E-state index in [1.165, 1.54) is 23.0 Å². The van der Waals surface area contributed by atoms with E-state index in [-0.39, 0.29) is 11.4 Å². The van der Waals surface area contributed by atoms with E-state index >= 15 is 0 Å². The third kappa shape index (κ3) is 3.16. The van der Waals surface area contributed by atoms with Gasteiger partial charge in [0.1, 0.15) is 5.69 Å². The summed E-state index contributed by atoms with van der Waals surface area (Å²) >= 11 is 0. The second-order valence-corrected chi connectivity index (χ2v) is 4.64. The van der Waals surface area contributed by atoms with Gasteiger partial charge in [-0.3, -0.25) is 14.8 Å². The van der Waals surface area contributed by atoms with E-state index in [1.807, 2.05) is 0 Å². The van der Waals surface area contributed by atoms with E-state index in [0.29, 0.717) is 5.56 Å². The van der Waals surface area contributed by atoms with Crippen LogP contribution in [-0.4, -0.2) is 25.8 Å². The molecule has 0 spiro atoms. The average molecular weight is 290 g/mol. The molecular weight excluding hydrogens is 276 g/mol. The first-order chi connectivity index (χ1) is 9.88. The summed E-state index contributed by atoms with van der Waals surface area (Å²) in [6.07, 6.45) is 2.96. The van der Waals surface area contributed by atoms with Crippen LogP contribution >= 0.6 is 0 Å². The van der Waals surface area contributed by atoms with Crippen LogP contribution in [0, 0.1) is 17.0 Å². The Morgan fingerprint density at radius 2 is 2.24 bits per heavy atom. The minimum absolute atomic E-state index is 0.154. The second kappa shape index (κ2) is 5.61.